The van der Waals surface area contributed by atoms with Crippen molar-refractivity contribution in [3.8, 4) is 17.1 Å². The highest BCUT2D eigenvalue weighted by Crippen LogP contribution is 2.32. The summed E-state index contributed by atoms with van der Waals surface area (Å²) in [6, 6.07) is 7.67. The number of methoxy groups -OCH3 is 1. The molecule has 2 aromatic rings. The molecule has 0 spiro atoms. The Morgan fingerprint density at radius 2 is 1.90 bits per heavy atom. The first-order valence-corrected chi connectivity index (χ1v) is 7.66. The topological polar surface area (TPSA) is 35.0 Å². The van der Waals surface area contributed by atoms with E-state index in [1.807, 2.05) is 24.3 Å². The first-order chi connectivity index (χ1) is 9.32. The number of hydrogen-bond donors (Lipinski definition) is 0. The third kappa shape index (κ3) is 3.23. The zero-order chi connectivity index (χ0) is 14.9. The van der Waals surface area contributed by atoms with Gasteiger partial charge in [-0.05, 0) is 34.7 Å². The summed E-state index contributed by atoms with van der Waals surface area (Å²) in [6.07, 6.45) is 0. The molecule has 1 heterocycles. The van der Waals surface area contributed by atoms with Crippen LogP contribution in [0.15, 0.2) is 24.3 Å². The lowest BCUT2D eigenvalue weighted by molar-refractivity contribution is 0.415. The number of benzene rings is 1. The third-order valence-electron chi connectivity index (χ3n) is 2.85. The highest BCUT2D eigenvalue weighted by Gasteiger charge is 2.23. The maximum Gasteiger partial charge on any atom is 0.161 e. The van der Waals surface area contributed by atoms with Crippen molar-refractivity contribution in [3.63, 3.8) is 0 Å². The minimum Gasteiger partial charge on any atom is -0.497 e. The maximum absolute atomic E-state index is 6.26. The van der Waals surface area contributed by atoms with Crippen molar-refractivity contribution >= 4 is 34.2 Å². The van der Waals surface area contributed by atoms with Crippen LogP contribution in [-0.2, 0) is 5.41 Å². The van der Waals surface area contributed by atoms with Gasteiger partial charge < -0.3 is 4.74 Å². The third-order valence-corrected chi connectivity index (χ3v) is 4.46. The minimum atomic E-state index is -0.0866. The van der Waals surface area contributed by atoms with E-state index in [2.05, 4.69) is 48.3 Å². The van der Waals surface area contributed by atoms with E-state index < -0.39 is 0 Å². The normalized spacial score (nSPS) is 11.5. The average molecular weight is 403 g/mol. The van der Waals surface area contributed by atoms with Crippen molar-refractivity contribution in [2.24, 2.45) is 0 Å². The van der Waals surface area contributed by atoms with Gasteiger partial charge in [0.2, 0.25) is 0 Å². The molecule has 0 aliphatic carbocycles. The van der Waals surface area contributed by atoms with Crippen LogP contribution in [0.2, 0.25) is 5.15 Å². The zero-order valence-corrected chi connectivity index (χ0v) is 14.8. The summed E-state index contributed by atoms with van der Waals surface area (Å²) < 4.78 is 6.14. The van der Waals surface area contributed by atoms with Crippen LogP contribution in [0, 0.1) is 3.57 Å². The van der Waals surface area contributed by atoms with Crippen molar-refractivity contribution in [1.29, 1.82) is 0 Å². The number of hydrogen-bond acceptors (Lipinski definition) is 3. The minimum absolute atomic E-state index is 0.0866. The fourth-order valence-corrected chi connectivity index (χ4v) is 3.03. The molecule has 0 atom stereocenters. The standard InChI is InChI=1S/C15H16ClIN2O/c1-15(2,3)12-11(17)13(16)19-14(18-12)9-6-5-7-10(8-9)20-4/h5-8H,1-4H3. The number of ether oxygens (including phenoxy) is 1. The summed E-state index contributed by atoms with van der Waals surface area (Å²) in [7, 11) is 1.64. The van der Waals surface area contributed by atoms with Crippen LogP contribution in [0.5, 0.6) is 5.75 Å². The molecule has 0 aliphatic rings. The van der Waals surface area contributed by atoms with E-state index in [0.717, 1.165) is 20.6 Å². The van der Waals surface area contributed by atoms with Crippen LogP contribution < -0.4 is 4.74 Å². The Morgan fingerprint density at radius 1 is 1.20 bits per heavy atom. The molecule has 0 bridgehead atoms. The molecule has 106 valence electrons. The lowest BCUT2D eigenvalue weighted by Crippen LogP contribution is -2.17. The molecule has 1 aromatic heterocycles. The van der Waals surface area contributed by atoms with Gasteiger partial charge in [0.15, 0.2) is 5.82 Å². The van der Waals surface area contributed by atoms with E-state index in [9.17, 15) is 0 Å². The van der Waals surface area contributed by atoms with Gasteiger partial charge in [-0.2, -0.15) is 0 Å². The van der Waals surface area contributed by atoms with Gasteiger partial charge in [0.1, 0.15) is 10.9 Å². The highest BCUT2D eigenvalue weighted by atomic mass is 127. The lowest BCUT2D eigenvalue weighted by atomic mass is 9.92. The van der Waals surface area contributed by atoms with E-state index in [1.165, 1.54) is 0 Å². The van der Waals surface area contributed by atoms with Crippen LogP contribution in [0.25, 0.3) is 11.4 Å². The summed E-state index contributed by atoms with van der Waals surface area (Å²) in [5.41, 5.74) is 1.76. The van der Waals surface area contributed by atoms with Gasteiger partial charge in [-0.1, -0.05) is 44.5 Å². The second kappa shape index (κ2) is 5.85. The van der Waals surface area contributed by atoms with E-state index in [1.54, 1.807) is 7.11 Å². The van der Waals surface area contributed by atoms with Gasteiger partial charge in [0, 0.05) is 11.0 Å². The predicted octanol–water partition coefficient (Wildman–Crippen LogP) is 4.71. The molecule has 0 unspecified atom stereocenters. The molecule has 0 aliphatic heterocycles. The Kier molecular flexibility index (Phi) is 4.54. The fraction of sp³-hybridized carbons (Fsp3) is 0.333. The van der Waals surface area contributed by atoms with Crippen LogP contribution in [0.4, 0.5) is 0 Å². The molecular weight excluding hydrogens is 387 g/mol. The van der Waals surface area contributed by atoms with E-state index in [4.69, 9.17) is 21.3 Å². The van der Waals surface area contributed by atoms with Gasteiger partial charge >= 0.3 is 0 Å². The van der Waals surface area contributed by atoms with Crippen LogP contribution in [0.1, 0.15) is 26.5 Å². The van der Waals surface area contributed by atoms with Crippen LogP contribution >= 0.6 is 34.2 Å². The van der Waals surface area contributed by atoms with Crippen molar-refractivity contribution in [2.45, 2.75) is 26.2 Å². The lowest BCUT2D eigenvalue weighted by Gasteiger charge is -2.20. The highest BCUT2D eigenvalue weighted by molar-refractivity contribution is 14.1. The van der Waals surface area contributed by atoms with Gasteiger partial charge in [-0.25, -0.2) is 9.97 Å². The maximum atomic E-state index is 6.26. The van der Waals surface area contributed by atoms with Gasteiger partial charge in [-0.3, -0.25) is 0 Å². The first-order valence-electron chi connectivity index (χ1n) is 6.21. The Bertz CT molecular complexity index is 638. The summed E-state index contributed by atoms with van der Waals surface area (Å²) in [5.74, 6) is 1.40. The SMILES string of the molecule is COc1cccc(-c2nc(Cl)c(I)c(C(C)(C)C)n2)c1. The fourth-order valence-electron chi connectivity index (χ4n) is 1.81. The molecule has 5 heteroatoms. The smallest absolute Gasteiger partial charge is 0.161 e. The second-order valence-electron chi connectivity index (χ2n) is 5.48. The monoisotopic (exact) mass is 402 g/mol. The van der Waals surface area contributed by atoms with E-state index >= 15 is 0 Å². The summed E-state index contributed by atoms with van der Waals surface area (Å²) in [5, 5.41) is 0.489. The van der Waals surface area contributed by atoms with Gasteiger partial charge in [0.05, 0.1) is 16.4 Å². The van der Waals surface area contributed by atoms with Crippen molar-refractivity contribution < 1.29 is 4.74 Å². The number of rotatable bonds is 2. The molecular formula is C15H16ClIN2O. The van der Waals surface area contributed by atoms with Crippen LogP contribution in [0.3, 0.4) is 0 Å². The van der Waals surface area contributed by atoms with E-state index in [-0.39, 0.29) is 5.41 Å². The van der Waals surface area contributed by atoms with Gasteiger partial charge in [0.25, 0.3) is 0 Å². The molecule has 20 heavy (non-hydrogen) atoms. The largest absolute Gasteiger partial charge is 0.497 e. The Labute approximate surface area is 137 Å². The summed E-state index contributed by atoms with van der Waals surface area (Å²) >= 11 is 8.46. The molecule has 0 saturated heterocycles. The predicted molar refractivity (Wildman–Crippen MR) is 90.4 cm³/mol. The molecule has 3 nitrogen and oxygen atoms in total. The molecule has 1 aromatic carbocycles. The molecule has 0 N–H and O–H groups in total. The van der Waals surface area contributed by atoms with Crippen molar-refractivity contribution in [1.82, 2.24) is 9.97 Å². The first kappa shape index (κ1) is 15.5. The van der Waals surface area contributed by atoms with Gasteiger partial charge in [-0.15, -0.1) is 0 Å². The quantitative estimate of drug-likeness (QED) is 0.539. The van der Waals surface area contributed by atoms with Crippen molar-refractivity contribution in [3.05, 3.63) is 38.7 Å². The molecule has 0 radical (unpaired) electrons. The molecule has 0 amide bonds. The zero-order valence-electron chi connectivity index (χ0n) is 11.9. The number of nitrogens with zero attached hydrogens (tertiary/aromatic N) is 2. The molecule has 0 saturated carbocycles. The van der Waals surface area contributed by atoms with Crippen LogP contribution in [-0.4, -0.2) is 17.1 Å². The Balaban J connectivity index is 2.60. The molecule has 0 fully saturated rings. The number of halogens is 2. The van der Waals surface area contributed by atoms with E-state index in [0.29, 0.717) is 11.0 Å². The second-order valence-corrected chi connectivity index (χ2v) is 6.92. The number of aromatic nitrogens is 2. The van der Waals surface area contributed by atoms with Crippen molar-refractivity contribution in [2.75, 3.05) is 7.11 Å². The molecule has 2 rings (SSSR count). The average Bonchev–Trinajstić information content (AvgIpc) is 2.40. The summed E-state index contributed by atoms with van der Waals surface area (Å²) in [6.45, 7) is 6.34. The summed E-state index contributed by atoms with van der Waals surface area (Å²) in [4.78, 5) is 9.08. The Morgan fingerprint density at radius 3 is 2.50 bits per heavy atom. The Hall–Kier alpha value is -0.880.